The summed E-state index contributed by atoms with van der Waals surface area (Å²) in [4.78, 5) is 3.72. The molecule has 3 nitrogen and oxygen atoms in total. The molecule has 0 bridgehead atoms. The minimum atomic E-state index is 0.0673. The van der Waals surface area contributed by atoms with E-state index in [1.165, 1.54) is 24.1 Å². The van der Waals surface area contributed by atoms with Gasteiger partial charge in [0.15, 0.2) is 0 Å². The van der Waals surface area contributed by atoms with Crippen molar-refractivity contribution < 1.29 is 5.11 Å². The molecule has 1 fully saturated rings. The fraction of sp³-hybridized carbons (Fsp3) is 0.714. The third-order valence-corrected chi connectivity index (χ3v) is 5.57. The van der Waals surface area contributed by atoms with E-state index in [1.54, 1.807) is 11.3 Å². The molecule has 2 heterocycles. The lowest BCUT2D eigenvalue weighted by atomic mass is 10.0. The first-order valence-electron chi connectivity index (χ1n) is 7.01. The van der Waals surface area contributed by atoms with E-state index in [9.17, 15) is 5.11 Å². The van der Waals surface area contributed by atoms with Gasteiger partial charge in [-0.15, -0.1) is 11.3 Å². The zero-order valence-corrected chi connectivity index (χ0v) is 13.8. The Morgan fingerprint density at radius 3 is 2.84 bits per heavy atom. The molecule has 1 aliphatic rings. The molecule has 3 unspecified atom stereocenters. The summed E-state index contributed by atoms with van der Waals surface area (Å²) in [5.74, 6) is 0. The summed E-state index contributed by atoms with van der Waals surface area (Å²) in [6.45, 7) is 3.33. The molecule has 0 amide bonds. The molecule has 1 saturated heterocycles. The van der Waals surface area contributed by atoms with Crippen molar-refractivity contribution in [3.05, 3.63) is 20.8 Å². The largest absolute Gasteiger partial charge is 0.395 e. The Kier molecular flexibility index (Phi) is 5.84. The first-order valence-corrected chi connectivity index (χ1v) is 8.62. The standard InChI is InChI=1S/C14H23BrN2OS/c1-10(16)14(12-6-7-13(15)19-12)17-8-4-2-3-5-11(17)9-18/h6-7,10-11,14,18H,2-5,8-9,16H2,1H3. The van der Waals surface area contributed by atoms with Crippen LogP contribution in [-0.4, -0.2) is 35.2 Å². The van der Waals surface area contributed by atoms with E-state index in [1.807, 2.05) is 0 Å². The van der Waals surface area contributed by atoms with Crippen LogP contribution in [0.1, 0.15) is 43.5 Å². The lowest BCUT2D eigenvalue weighted by Crippen LogP contribution is -2.46. The number of halogens is 1. The number of hydrogen-bond acceptors (Lipinski definition) is 4. The second-order valence-corrected chi connectivity index (χ2v) is 7.86. The quantitative estimate of drug-likeness (QED) is 0.880. The molecule has 0 aromatic carbocycles. The van der Waals surface area contributed by atoms with E-state index in [0.29, 0.717) is 0 Å². The molecular weight excluding hydrogens is 324 g/mol. The summed E-state index contributed by atoms with van der Waals surface area (Å²) in [7, 11) is 0. The topological polar surface area (TPSA) is 49.5 Å². The molecular formula is C14H23BrN2OS. The van der Waals surface area contributed by atoms with Crippen LogP contribution in [0, 0.1) is 0 Å². The number of hydrogen-bond donors (Lipinski definition) is 2. The summed E-state index contributed by atoms with van der Waals surface area (Å²) in [5.41, 5.74) is 6.24. The molecule has 108 valence electrons. The van der Waals surface area contributed by atoms with Gasteiger partial charge in [-0.25, -0.2) is 0 Å². The smallest absolute Gasteiger partial charge is 0.0702 e. The molecule has 1 aromatic rings. The second kappa shape index (κ2) is 7.18. The second-order valence-electron chi connectivity index (χ2n) is 5.37. The predicted molar refractivity (Wildman–Crippen MR) is 84.5 cm³/mol. The monoisotopic (exact) mass is 346 g/mol. The summed E-state index contributed by atoms with van der Waals surface area (Å²) in [5, 5.41) is 9.68. The average Bonchev–Trinajstić information content (AvgIpc) is 2.65. The first-order chi connectivity index (χ1) is 9.13. The van der Waals surface area contributed by atoms with Crippen molar-refractivity contribution in [3.8, 4) is 0 Å². The third kappa shape index (κ3) is 3.79. The van der Waals surface area contributed by atoms with Crippen molar-refractivity contribution >= 4 is 27.3 Å². The van der Waals surface area contributed by atoms with Crippen LogP contribution < -0.4 is 5.73 Å². The zero-order chi connectivity index (χ0) is 13.8. The SMILES string of the molecule is CC(N)C(c1ccc(Br)s1)N1CCCCCC1CO. The highest BCUT2D eigenvalue weighted by Crippen LogP contribution is 2.35. The third-order valence-electron chi connectivity index (χ3n) is 3.87. The van der Waals surface area contributed by atoms with Gasteiger partial charge in [-0.2, -0.15) is 0 Å². The fourth-order valence-corrected chi connectivity index (χ4v) is 4.63. The highest BCUT2D eigenvalue weighted by molar-refractivity contribution is 9.11. The van der Waals surface area contributed by atoms with Gasteiger partial charge in [0.2, 0.25) is 0 Å². The van der Waals surface area contributed by atoms with E-state index in [2.05, 4.69) is 39.9 Å². The number of nitrogens with two attached hydrogens (primary N) is 1. The Balaban J connectivity index is 2.25. The van der Waals surface area contributed by atoms with Gasteiger partial charge in [-0.05, 0) is 54.4 Å². The van der Waals surface area contributed by atoms with Gasteiger partial charge in [0.25, 0.3) is 0 Å². The van der Waals surface area contributed by atoms with Gasteiger partial charge in [0, 0.05) is 17.0 Å². The van der Waals surface area contributed by atoms with Crippen molar-refractivity contribution in [2.75, 3.05) is 13.2 Å². The van der Waals surface area contributed by atoms with Gasteiger partial charge < -0.3 is 10.8 Å². The Bertz CT molecular complexity index is 397. The minimum absolute atomic E-state index is 0.0673. The number of nitrogens with zero attached hydrogens (tertiary/aromatic N) is 1. The maximum atomic E-state index is 9.68. The van der Waals surface area contributed by atoms with Crippen molar-refractivity contribution in [3.63, 3.8) is 0 Å². The van der Waals surface area contributed by atoms with E-state index < -0.39 is 0 Å². The lowest BCUT2D eigenvalue weighted by molar-refractivity contribution is 0.0762. The predicted octanol–water partition coefficient (Wildman–Crippen LogP) is 3.14. The molecule has 0 radical (unpaired) electrons. The molecule has 0 saturated carbocycles. The Morgan fingerprint density at radius 1 is 1.47 bits per heavy atom. The summed E-state index contributed by atoms with van der Waals surface area (Å²) < 4.78 is 1.14. The lowest BCUT2D eigenvalue weighted by Gasteiger charge is -2.37. The molecule has 1 aliphatic heterocycles. The average molecular weight is 347 g/mol. The Labute approximate surface area is 127 Å². The van der Waals surface area contributed by atoms with E-state index in [0.717, 1.165) is 16.8 Å². The molecule has 0 spiro atoms. The molecule has 5 heteroatoms. The van der Waals surface area contributed by atoms with Crippen LogP contribution in [0.5, 0.6) is 0 Å². The summed E-state index contributed by atoms with van der Waals surface area (Å²) in [6.07, 6.45) is 4.74. The summed E-state index contributed by atoms with van der Waals surface area (Å²) >= 11 is 5.28. The number of aliphatic hydroxyl groups excluding tert-OH is 1. The van der Waals surface area contributed by atoms with E-state index >= 15 is 0 Å². The molecule has 3 atom stereocenters. The summed E-state index contributed by atoms with van der Waals surface area (Å²) in [6, 6.07) is 4.77. The van der Waals surface area contributed by atoms with Crippen LogP contribution in [0.2, 0.25) is 0 Å². The van der Waals surface area contributed by atoms with Gasteiger partial charge in [-0.1, -0.05) is 12.8 Å². The van der Waals surface area contributed by atoms with Gasteiger partial charge in [0.1, 0.15) is 0 Å². The number of aliphatic hydroxyl groups is 1. The molecule has 1 aromatic heterocycles. The fourth-order valence-electron chi connectivity index (χ4n) is 2.97. The van der Waals surface area contributed by atoms with Crippen molar-refractivity contribution in [2.45, 2.75) is 50.7 Å². The Hall–Kier alpha value is 0.0600. The van der Waals surface area contributed by atoms with Crippen molar-refractivity contribution in [2.24, 2.45) is 5.73 Å². The highest BCUT2D eigenvalue weighted by atomic mass is 79.9. The van der Waals surface area contributed by atoms with Crippen LogP contribution in [0.3, 0.4) is 0 Å². The van der Waals surface area contributed by atoms with E-state index in [-0.39, 0.29) is 24.7 Å². The van der Waals surface area contributed by atoms with Gasteiger partial charge in [0.05, 0.1) is 16.4 Å². The molecule has 0 aliphatic carbocycles. The van der Waals surface area contributed by atoms with Gasteiger partial charge in [-0.3, -0.25) is 4.90 Å². The minimum Gasteiger partial charge on any atom is -0.395 e. The Morgan fingerprint density at radius 2 is 2.26 bits per heavy atom. The van der Waals surface area contributed by atoms with Gasteiger partial charge >= 0.3 is 0 Å². The normalized spacial score (nSPS) is 24.9. The van der Waals surface area contributed by atoms with Crippen LogP contribution in [0.15, 0.2) is 15.9 Å². The van der Waals surface area contributed by atoms with Crippen LogP contribution in [0.4, 0.5) is 0 Å². The molecule has 19 heavy (non-hydrogen) atoms. The van der Waals surface area contributed by atoms with Crippen molar-refractivity contribution in [1.29, 1.82) is 0 Å². The first kappa shape index (κ1) is 15.4. The van der Waals surface area contributed by atoms with Crippen LogP contribution in [0.25, 0.3) is 0 Å². The van der Waals surface area contributed by atoms with Crippen molar-refractivity contribution in [1.82, 2.24) is 4.90 Å². The highest BCUT2D eigenvalue weighted by Gasteiger charge is 2.31. The maximum absolute atomic E-state index is 9.68. The zero-order valence-electron chi connectivity index (χ0n) is 11.4. The van der Waals surface area contributed by atoms with Crippen LogP contribution >= 0.6 is 27.3 Å². The number of likely N-dealkylation sites (tertiary alicyclic amines) is 1. The number of thiophene rings is 1. The maximum Gasteiger partial charge on any atom is 0.0702 e. The molecule has 2 rings (SSSR count). The van der Waals surface area contributed by atoms with Crippen LogP contribution in [-0.2, 0) is 0 Å². The van der Waals surface area contributed by atoms with E-state index in [4.69, 9.17) is 5.73 Å². The molecule has 3 N–H and O–H groups in total. The number of rotatable bonds is 4.